The lowest BCUT2D eigenvalue weighted by atomic mass is 9.59. The number of amides is 1. The largest absolute Gasteiger partial charge is 0.385 e. The Hall–Kier alpha value is -1.25. The molecule has 5 aliphatic rings. The number of alkyl halides is 1. The molecule has 2 aliphatic heterocycles. The maximum Gasteiger partial charge on any atom is 0.256 e. The Kier molecular flexibility index (Phi) is 5.77. The van der Waals surface area contributed by atoms with Gasteiger partial charge in [0.1, 0.15) is 11.4 Å². The van der Waals surface area contributed by atoms with Gasteiger partial charge in [0.25, 0.3) is 5.91 Å². The summed E-state index contributed by atoms with van der Waals surface area (Å²) in [5.41, 5.74) is -1.63. The predicted octanol–water partition coefficient (Wildman–Crippen LogP) is 5.15. The number of likely N-dealkylation sites (tertiary alicyclic amines) is 1. The summed E-state index contributed by atoms with van der Waals surface area (Å²) in [5, 5.41) is 17.2. The van der Waals surface area contributed by atoms with Crippen LogP contribution < -0.4 is 10.6 Å². The number of halogens is 5. The number of carbonyl (C=O) groups is 1. The summed E-state index contributed by atoms with van der Waals surface area (Å²) >= 11 is 1.93. The standard InChI is InChI=1S/C27H26F3I2N3O2/c28-19-3-2-16(23(22(19)30)34-21-4-1-15(31)8-20(21)29)25(36)35-11-26(37,12-35)10-33-24-18-7-13-5-14-9-27(18,32-24)17(14)6-13/h1-4,8,13-14,17-18,33-34,37H,5-7,9-12H2/t13-,14+,17?,18-,27+/m0/s1. The fourth-order valence-electron chi connectivity index (χ4n) is 7.33. The Morgan fingerprint density at radius 3 is 2.73 bits per heavy atom. The van der Waals surface area contributed by atoms with E-state index in [1.807, 2.05) is 22.6 Å². The van der Waals surface area contributed by atoms with Crippen molar-refractivity contribution >= 4 is 64.2 Å². The molecule has 0 aromatic heterocycles. The number of benzene rings is 2. The summed E-state index contributed by atoms with van der Waals surface area (Å²) in [4.78, 5) is 14.6. The van der Waals surface area contributed by atoms with E-state index >= 15 is 0 Å². The highest BCUT2D eigenvalue weighted by Gasteiger charge is 2.68. The van der Waals surface area contributed by atoms with Crippen LogP contribution in [-0.2, 0) is 0 Å². The third-order valence-corrected chi connectivity index (χ3v) is 14.5. The van der Waals surface area contributed by atoms with Gasteiger partial charge in [0, 0.05) is 23.1 Å². The van der Waals surface area contributed by atoms with E-state index in [0.717, 1.165) is 23.8 Å². The first kappa shape index (κ1) is 24.8. The minimum atomic E-state index is -1.25. The molecule has 5 nitrogen and oxygen atoms in total. The van der Waals surface area contributed by atoms with Crippen LogP contribution >= 0.6 is 43.3 Å². The first-order valence-electron chi connectivity index (χ1n) is 12.6. The molecule has 1 saturated heterocycles. The molecule has 3 N–H and O–H groups in total. The first-order valence-corrected chi connectivity index (χ1v) is 15.9. The van der Waals surface area contributed by atoms with E-state index in [-0.39, 0.29) is 45.1 Å². The maximum absolute atomic E-state index is 14.8. The van der Waals surface area contributed by atoms with Gasteiger partial charge in [-0.3, -0.25) is 10.1 Å². The molecule has 3 saturated carbocycles. The fourth-order valence-corrected chi connectivity index (χ4v) is 12.8. The molecule has 0 radical (unpaired) electrons. The highest BCUT2D eigenvalue weighted by Crippen LogP contribution is 2.74. The van der Waals surface area contributed by atoms with Crippen LogP contribution in [0.1, 0.15) is 36.0 Å². The predicted molar refractivity (Wildman–Crippen MR) is 152 cm³/mol. The second-order valence-electron chi connectivity index (χ2n) is 11.3. The van der Waals surface area contributed by atoms with Crippen LogP contribution in [0.25, 0.3) is 0 Å². The number of fused-ring (bicyclic) bond motifs is 1. The lowest BCUT2D eigenvalue weighted by Crippen LogP contribution is -2.69. The molecular formula is C27H26F3I2N3O2. The van der Waals surface area contributed by atoms with E-state index in [4.69, 9.17) is 0 Å². The SMILES string of the molecule is O=C(c1ccc(F)c(F)c1Nc1ccc(I)cc1F)N1CC(O)(CNC2=I[C@]34C[C@H]5C[C@@H](CC53)C[C@@H]24)C1. The van der Waals surface area contributed by atoms with Crippen molar-refractivity contribution in [3.8, 4) is 0 Å². The zero-order valence-electron chi connectivity index (χ0n) is 19.8. The van der Waals surface area contributed by atoms with Gasteiger partial charge in [0.2, 0.25) is 0 Å². The minimum absolute atomic E-state index is 0.0145. The van der Waals surface area contributed by atoms with Gasteiger partial charge in [-0.25, -0.2) is 13.2 Å². The van der Waals surface area contributed by atoms with Crippen molar-refractivity contribution in [3.05, 3.63) is 56.9 Å². The molecule has 5 atom stereocenters. The number of nitrogens with one attached hydrogen (secondary N) is 2. The minimum Gasteiger partial charge on any atom is -0.385 e. The van der Waals surface area contributed by atoms with Crippen LogP contribution in [0.15, 0.2) is 30.3 Å². The molecule has 1 amide bonds. The van der Waals surface area contributed by atoms with E-state index in [2.05, 4.69) is 10.6 Å². The van der Waals surface area contributed by atoms with Crippen LogP contribution in [0, 0.1) is 44.7 Å². The van der Waals surface area contributed by atoms with Gasteiger partial charge in [0.05, 0.1) is 30.0 Å². The van der Waals surface area contributed by atoms with Gasteiger partial charge in [-0.05, 0) is 96.4 Å². The molecule has 3 aliphatic carbocycles. The van der Waals surface area contributed by atoms with E-state index in [9.17, 15) is 23.1 Å². The molecule has 4 fully saturated rings. The monoisotopic (exact) mass is 735 g/mol. The van der Waals surface area contributed by atoms with Crippen LogP contribution in [0.4, 0.5) is 24.5 Å². The average Bonchev–Trinajstić information content (AvgIpc) is 3.04. The molecule has 1 unspecified atom stereocenters. The van der Waals surface area contributed by atoms with Crippen molar-refractivity contribution < 1.29 is 23.1 Å². The van der Waals surface area contributed by atoms with Gasteiger partial charge in [-0.2, -0.15) is 0 Å². The molecule has 1 spiro atoms. The van der Waals surface area contributed by atoms with E-state index < -0.39 is 34.6 Å². The van der Waals surface area contributed by atoms with E-state index in [0.29, 0.717) is 19.5 Å². The van der Waals surface area contributed by atoms with E-state index in [1.165, 1.54) is 52.4 Å². The zero-order valence-corrected chi connectivity index (χ0v) is 24.2. The highest BCUT2D eigenvalue weighted by atomic mass is 127. The fraction of sp³-hybridized carbons (Fsp3) is 0.481. The lowest BCUT2D eigenvalue weighted by molar-refractivity contribution is -0.0763. The quantitative estimate of drug-likeness (QED) is 0.284. The number of rotatable bonds is 6. The summed E-state index contributed by atoms with van der Waals surface area (Å²) in [6.45, 7) is 0.599. The van der Waals surface area contributed by atoms with Crippen molar-refractivity contribution in [3.63, 3.8) is 0 Å². The molecule has 2 heterocycles. The van der Waals surface area contributed by atoms with Crippen LogP contribution in [0.5, 0.6) is 0 Å². The van der Waals surface area contributed by atoms with Gasteiger partial charge in [0.15, 0.2) is 11.6 Å². The van der Waals surface area contributed by atoms with Crippen molar-refractivity contribution in [1.82, 2.24) is 10.2 Å². The number of hydrogen-bond donors (Lipinski definition) is 3. The summed E-state index contributed by atoms with van der Waals surface area (Å²) in [6.07, 6.45) is 5.57. The van der Waals surface area contributed by atoms with Crippen LogP contribution in [0.3, 0.4) is 0 Å². The molecule has 37 heavy (non-hydrogen) atoms. The molecule has 2 bridgehead atoms. The second kappa shape index (κ2) is 8.62. The smallest absolute Gasteiger partial charge is 0.256 e. The average molecular weight is 735 g/mol. The Morgan fingerprint density at radius 1 is 1.14 bits per heavy atom. The van der Waals surface area contributed by atoms with Crippen molar-refractivity contribution in [2.45, 2.75) is 34.7 Å². The number of anilines is 2. The summed E-state index contributed by atoms with van der Waals surface area (Å²) < 4.78 is 45.9. The van der Waals surface area contributed by atoms with Crippen LogP contribution in [0.2, 0.25) is 0 Å². The lowest BCUT2D eigenvalue weighted by Gasteiger charge is -2.62. The van der Waals surface area contributed by atoms with Crippen LogP contribution in [-0.4, -0.2) is 48.2 Å². The number of hydrogen-bond acceptors (Lipinski definition) is 4. The summed E-state index contributed by atoms with van der Waals surface area (Å²) in [6, 6.07) is 6.38. The van der Waals surface area contributed by atoms with Crippen molar-refractivity contribution in [1.29, 1.82) is 0 Å². The molecule has 2 aromatic carbocycles. The van der Waals surface area contributed by atoms with Gasteiger partial charge in [-0.15, -0.1) is 0 Å². The second-order valence-corrected chi connectivity index (χ2v) is 16.3. The topological polar surface area (TPSA) is 64.6 Å². The number of carbonyl (C=O) groups excluding carboxylic acids is 1. The Balaban J connectivity index is 1.03. The van der Waals surface area contributed by atoms with Gasteiger partial charge >= 0.3 is 0 Å². The Labute approximate surface area is 236 Å². The highest BCUT2D eigenvalue weighted by molar-refractivity contribution is 14.2. The molecule has 10 heteroatoms. The Morgan fingerprint density at radius 2 is 1.95 bits per heavy atom. The molecule has 2 aromatic rings. The molecular weight excluding hydrogens is 709 g/mol. The van der Waals surface area contributed by atoms with Crippen molar-refractivity contribution in [2.24, 2.45) is 23.7 Å². The molecule has 196 valence electrons. The molecule has 7 rings (SSSR count). The summed E-state index contributed by atoms with van der Waals surface area (Å²) in [5.74, 6) is -0.0676. The zero-order chi connectivity index (χ0) is 25.7. The maximum atomic E-state index is 14.8. The van der Waals surface area contributed by atoms with Gasteiger partial charge < -0.3 is 15.3 Å². The Bertz CT molecular complexity index is 1360. The van der Waals surface area contributed by atoms with E-state index in [1.54, 1.807) is 6.07 Å². The summed E-state index contributed by atoms with van der Waals surface area (Å²) in [7, 11) is 0. The number of nitrogens with zero attached hydrogens (tertiary/aromatic N) is 1. The number of aliphatic hydroxyl groups is 1. The third kappa shape index (κ3) is 3.82. The third-order valence-electron chi connectivity index (χ3n) is 9.08. The van der Waals surface area contributed by atoms with Gasteiger partial charge in [-0.1, -0.05) is 20.7 Å². The number of β-amino-alcohol motifs (C(OH)–C–C–N with tert-alkyl or cyclic N) is 1. The first-order chi connectivity index (χ1) is 17.7. The normalized spacial score (nSPS) is 32.2. The van der Waals surface area contributed by atoms with Crippen molar-refractivity contribution in [2.75, 3.05) is 25.0 Å².